The minimum atomic E-state index is -0.112. The molecule has 0 unspecified atom stereocenters. The second-order valence-corrected chi connectivity index (χ2v) is 11.9. The molecule has 1 heterocycles. The van der Waals surface area contributed by atoms with E-state index >= 15 is 0 Å². The molecule has 0 spiro atoms. The van der Waals surface area contributed by atoms with E-state index in [9.17, 15) is 4.79 Å². The quantitative estimate of drug-likeness (QED) is 0.598. The number of nitrogens with one attached hydrogen (secondary N) is 1. The van der Waals surface area contributed by atoms with Gasteiger partial charge < -0.3 is 9.88 Å². The van der Waals surface area contributed by atoms with Gasteiger partial charge >= 0.3 is 0 Å². The van der Waals surface area contributed by atoms with Crippen molar-refractivity contribution in [1.29, 1.82) is 0 Å². The Morgan fingerprint density at radius 3 is 2.35 bits per heavy atom. The molecule has 2 aromatic rings. The van der Waals surface area contributed by atoms with Crippen LogP contribution in [-0.2, 0) is 24.3 Å². The third-order valence-corrected chi connectivity index (χ3v) is 8.51. The highest BCUT2D eigenvalue weighted by molar-refractivity contribution is 7.99. The average molecular weight is 439 g/mol. The summed E-state index contributed by atoms with van der Waals surface area (Å²) in [5.41, 5.74) is 1.19. The van der Waals surface area contributed by atoms with Crippen molar-refractivity contribution in [1.82, 2.24) is 20.1 Å². The number of hydrogen-bond donors (Lipinski definition) is 1. The first-order valence-electron chi connectivity index (χ1n) is 11.9. The van der Waals surface area contributed by atoms with E-state index in [4.69, 9.17) is 0 Å². The molecule has 31 heavy (non-hydrogen) atoms. The summed E-state index contributed by atoms with van der Waals surface area (Å²) in [4.78, 5) is 13.4. The van der Waals surface area contributed by atoms with E-state index in [1.54, 1.807) is 11.8 Å². The maximum absolute atomic E-state index is 13.4. The maximum atomic E-state index is 13.4. The van der Waals surface area contributed by atoms with Gasteiger partial charge in [-0.05, 0) is 68.3 Å². The first-order valence-corrected chi connectivity index (χ1v) is 12.8. The molecule has 4 aliphatic rings. The molecule has 6 rings (SSSR count). The van der Waals surface area contributed by atoms with Crippen molar-refractivity contribution in [2.24, 2.45) is 23.2 Å². The number of rotatable bonds is 8. The lowest BCUT2D eigenvalue weighted by Crippen LogP contribution is -2.53. The molecule has 166 valence electrons. The zero-order valence-electron chi connectivity index (χ0n) is 18.7. The Balaban J connectivity index is 1.28. The molecule has 0 atom stereocenters. The van der Waals surface area contributed by atoms with Gasteiger partial charge in [0.1, 0.15) is 0 Å². The van der Waals surface area contributed by atoms with Crippen LogP contribution in [0.2, 0.25) is 0 Å². The number of nitrogens with zero attached hydrogens (tertiary/aromatic N) is 3. The fraction of sp³-hybridized carbons (Fsp3) is 0.640. The zero-order chi connectivity index (χ0) is 21.4. The molecule has 0 aliphatic heterocycles. The number of thioether (sulfide) groups is 1. The molecule has 1 N–H and O–H groups in total. The summed E-state index contributed by atoms with van der Waals surface area (Å²) in [6.07, 6.45) is 8.29. The van der Waals surface area contributed by atoms with Gasteiger partial charge in [0.05, 0.1) is 6.54 Å². The molecule has 4 fully saturated rings. The lowest BCUT2D eigenvalue weighted by Gasteiger charge is -2.55. The van der Waals surface area contributed by atoms with Crippen LogP contribution < -0.4 is 5.32 Å². The van der Waals surface area contributed by atoms with Gasteiger partial charge in [0.2, 0.25) is 5.91 Å². The molecule has 6 heteroatoms. The highest BCUT2D eigenvalue weighted by Gasteiger charge is 2.54. The van der Waals surface area contributed by atoms with Crippen molar-refractivity contribution in [3.05, 3.63) is 41.7 Å². The van der Waals surface area contributed by atoms with E-state index in [2.05, 4.69) is 58.2 Å². The summed E-state index contributed by atoms with van der Waals surface area (Å²) in [5.74, 6) is 3.47. The van der Waals surface area contributed by atoms with Crippen LogP contribution in [0.4, 0.5) is 0 Å². The second kappa shape index (κ2) is 8.61. The van der Waals surface area contributed by atoms with Crippen molar-refractivity contribution >= 4 is 17.7 Å². The Kier molecular flexibility index (Phi) is 5.84. The van der Waals surface area contributed by atoms with E-state index in [0.717, 1.165) is 61.0 Å². The smallest absolute Gasteiger partial charge is 0.226 e. The van der Waals surface area contributed by atoms with E-state index in [0.29, 0.717) is 11.8 Å². The highest BCUT2D eigenvalue weighted by atomic mass is 32.2. The van der Waals surface area contributed by atoms with Gasteiger partial charge in [-0.15, -0.1) is 10.2 Å². The topological polar surface area (TPSA) is 59.8 Å². The van der Waals surface area contributed by atoms with Crippen LogP contribution in [-0.4, -0.2) is 25.9 Å². The van der Waals surface area contributed by atoms with Crippen LogP contribution >= 0.6 is 11.8 Å². The Hall–Kier alpha value is -1.82. The number of benzene rings is 1. The summed E-state index contributed by atoms with van der Waals surface area (Å²) < 4.78 is 2.21. The van der Waals surface area contributed by atoms with Crippen LogP contribution in [0.3, 0.4) is 0 Å². The number of hydrogen-bond acceptors (Lipinski definition) is 4. The lowest BCUT2D eigenvalue weighted by atomic mass is 9.49. The summed E-state index contributed by atoms with van der Waals surface area (Å²) in [5, 5.41) is 13.6. The van der Waals surface area contributed by atoms with Gasteiger partial charge in [0.15, 0.2) is 11.0 Å². The number of carbonyl (C=O) groups excluding carboxylic acids is 1. The first-order chi connectivity index (χ1) is 15.0. The van der Waals surface area contributed by atoms with Crippen molar-refractivity contribution in [2.75, 3.05) is 0 Å². The van der Waals surface area contributed by atoms with E-state index in [1.165, 1.54) is 24.8 Å². The Labute approximate surface area is 189 Å². The monoisotopic (exact) mass is 438 g/mol. The van der Waals surface area contributed by atoms with Crippen LogP contribution in [0.25, 0.3) is 0 Å². The van der Waals surface area contributed by atoms with E-state index in [1.807, 2.05) is 6.07 Å². The number of aromatic nitrogens is 3. The zero-order valence-corrected chi connectivity index (χ0v) is 19.5. The Morgan fingerprint density at radius 2 is 1.74 bits per heavy atom. The van der Waals surface area contributed by atoms with Crippen LogP contribution in [0.15, 0.2) is 35.5 Å². The summed E-state index contributed by atoms with van der Waals surface area (Å²) >= 11 is 1.74. The normalized spacial score (nSPS) is 28.9. The first kappa shape index (κ1) is 21.0. The molecule has 0 saturated heterocycles. The van der Waals surface area contributed by atoms with Crippen LogP contribution in [0.1, 0.15) is 63.8 Å². The van der Waals surface area contributed by atoms with Gasteiger partial charge in [-0.25, -0.2) is 0 Å². The van der Waals surface area contributed by atoms with Gasteiger partial charge in [0, 0.05) is 17.2 Å². The number of aryl methyl sites for hydroxylation is 1. The molecule has 1 aromatic heterocycles. The van der Waals surface area contributed by atoms with Gasteiger partial charge in [-0.3, -0.25) is 4.79 Å². The van der Waals surface area contributed by atoms with E-state index in [-0.39, 0.29) is 11.3 Å². The fourth-order valence-corrected chi connectivity index (χ4v) is 7.43. The van der Waals surface area contributed by atoms with Crippen molar-refractivity contribution < 1.29 is 4.79 Å². The third-order valence-electron chi connectivity index (χ3n) is 7.53. The molecule has 0 radical (unpaired) electrons. The molecule has 4 aliphatic carbocycles. The van der Waals surface area contributed by atoms with Crippen molar-refractivity contribution in [3.63, 3.8) is 0 Å². The van der Waals surface area contributed by atoms with Crippen LogP contribution in [0, 0.1) is 23.2 Å². The predicted molar refractivity (Wildman–Crippen MR) is 124 cm³/mol. The third kappa shape index (κ3) is 4.41. The van der Waals surface area contributed by atoms with Crippen molar-refractivity contribution in [2.45, 2.75) is 82.3 Å². The lowest BCUT2D eigenvalue weighted by molar-refractivity contribution is -0.146. The maximum Gasteiger partial charge on any atom is 0.226 e. The molecule has 1 amide bonds. The largest absolute Gasteiger partial charge is 0.348 e. The molecule has 5 nitrogen and oxygen atoms in total. The van der Waals surface area contributed by atoms with Crippen LogP contribution in [0.5, 0.6) is 0 Å². The van der Waals surface area contributed by atoms with Gasteiger partial charge in [-0.1, -0.05) is 55.9 Å². The standard InChI is InChI=1S/C25H34N4OS/c1-17(2)31-24-28-27-22(29(24)9-8-18-6-4-3-5-7-18)16-26-23(30)25-13-19-10-20(14-25)12-21(11-19)15-25/h3-7,17,19-21H,8-16H2,1-2H3,(H,26,30). The number of amides is 1. The van der Waals surface area contributed by atoms with Crippen molar-refractivity contribution in [3.8, 4) is 0 Å². The Bertz CT molecular complexity index is 888. The number of carbonyl (C=O) groups is 1. The second-order valence-electron chi connectivity index (χ2n) is 10.3. The minimum absolute atomic E-state index is 0.112. The molecular formula is C25H34N4OS. The molecule has 4 bridgehead atoms. The fourth-order valence-electron chi connectivity index (χ4n) is 6.59. The van der Waals surface area contributed by atoms with Gasteiger partial charge in [-0.2, -0.15) is 0 Å². The van der Waals surface area contributed by atoms with E-state index < -0.39 is 0 Å². The summed E-state index contributed by atoms with van der Waals surface area (Å²) in [6.45, 7) is 5.65. The molecular weight excluding hydrogens is 404 g/mol. The minimum Gasteiger partial charge on any atom is -0.348 e. The van der Waals surface area contributed by atoms with Gasteiger partial charge in [0.25, 0.3) is 0 Å². The molecule has 4 saturated carbocycles. The molecule has 1 aromatic carbocycles. The highest BCUT2D eigenvalue weighted by Crippen LogP contribution is 2.60. The Morgan fingerprint density at radius 1 is 1.10 bits per heavy atom. The summed E-state index contributed by atoms with van der Waals surface area (Å²) in [6, 6.07) is 10.5. The summed E-state index contributed by atoms with van der Waals surface area (Å²) in [7, 11) is 0. The SMILES string of the molecule is CC(C)Sc1nnc(CNC(=O)C23CC4CC(CC(C4)C2)C3)n1CCc1ccccc1. The predicted octanol–water partition coefficient (Wildman–Crippen LogP) is 4.85. The average Bonchev–Trinajstić information content (AvgIpc) is 3.11.